The number of hydrogen-bond acceptors (Lipinski definition) is 3. The molecule has 1 aliphatic rings. The van der Waals surface area contributed by atoms with E-state index in [2.05, 4.69) is 0 Å². The summed E-state index contributed by atoms with van der Waals surface area (Å²) in [7, 11) is 0. The predicted octanol–water partition coefficient (Wildman–Crippen LogP) is 5.08. The minimum absolute atomic E-state index is 0.472. The molecule has 5 heteroatoms. The molecule has 1 aliphatic heterocycles. The topological polar surface area (TPSA) is 37.3 Å². The Hall–Kier alpha value is -1.10. The highest BCUT2D eigenvalue weighted by Gasteiger charge is 2.26. The molecule has 21 heavy (non-hydrogen) atoms. The number of halogens is 1. The lowest BCUT2D eigenvalue weighted by Gasteiger charge is -2.14. The molecule has 0 radical (unpaired) electrons. The van der Waals surface area contributed by atoms with Crippen molar-refractivity contribution in [3.63, 3.8) is 0 Å². The fourth-order valence-electron chi connectivity index (χ4n) is 2.59. The standard InChI is InChI=1S/C16H13ClO2S2/c1-20-13-8-12(9-2-4-10(17)5-3-9)15-11(6-7-21-15)14(13)16(18)19/h2-5,8H,6-7H2,1H3,(H,18,19). The van der Waals surface area contributed by atoms with Crippen LogP contribution in [0, 0.1) is 0 Å². The van der Waals surface area contributed by atoms with Gasteiger partial charge in [0.2, 0.25) is 0 Å². The molecule has 1 heterocycles. The number of carbonyl (C=O) groups is 1. The first-order chi connectivity index (χ1) is 10.1. The molecule has 108 valence electrons. The van der Waals surface area contributed by atoms with Gasteiger partial charge in [0.1, 0.15) is 0 Å². The van der Waals surface area contributed by atoms with E-state index in [1.54, 1.807) is 11.8 Å². The number of hydrogen-bond donors (Lipinski definition) is 1. The van der Waals surface area contributed by atoms with Crippen molar-refractivity contribution in [2.24, 2.45) is 0 Å². The molecule has 3 rings (SSSR count). The normalized spacial score (nSPS) is 13.2. The Bertz CT molecular complexity index is 711. The Morgan fingerprint density at radius 2 is 2.05 bits per heavy atom. The Balaban J connectivity index is 2.25. The van der Waals surface area contributed by atoms with Crippen molar-refractivity contribution in [3.8, 4) is 11.1 Å². The van der Waals surface area contributed by atoms with Crippen LogP contribution in [0.1, 0.15) is 15.9 Å². The maximum atomic E-state index is 11.6. The van der Waals surface area contributed by atoms with E-state index in [0.29, 0.717) is 10.6 Å². The van der Waals surface area contributed by atoms with Gasteiger partial charge in [-0.15, -0.1) is 23.5 Å². The molecule has 0 aliphatic carbocycles. The van der Waals surface area contributed by atoms with E-state index in [-0.39, 0.29) is 0 Å². The molecular formula is C16H13ClO2S2. The fraction of sp³-hybridized carbons (Fsp3) is 0.188. The van der Waals surface area contributed by atoms with Gasteiger partial charge in [-0.3, -0.25) is 0 Å². The lowest BCUT2D eigenvalue weighted by atomic mass is 9.97. The van der Waals surface area contributed by atoms with Gasteiger partial charge in [0.15, 0.2) is 0 Å². The monoisotopic (exact) mass is 336 g/mol. The molecule has 0 saturated carbocycles. The van der Waals surface area contributed by atoms with E-state index in [0.717, 1.165) is 38.7 Å². The summed E-state index contributed by atoms with van der Waals surface area (Å²) in [4.78, 5) is 13.5. The molecule has 0 bridgehead atoms. The van der Waals surface area contributed by atoms with E-state index in [4.69, 9.17) is 11.6 Å². The highest BCUT2D eigenvalue weighted by Crippen LogP contribution is 2.44. The first kappa shape index (κ1) is 14.8. The maximum Gasteiger partial charge on any atom is 0.337 e. The number of carboxylic acids is 1. The summed E-state index contributed by atoms with van der Waals surface area (Å²) in [6, 6.07) is 9.71. The minimum atomic E-state index is -0.833. The van der Waals surface area contributed by atoms with Crippen molar-refractivity contribution in [3.05, 3.63) is 46.5 Å². The van der Waals surface area contributed by atoms with Crippen molar-refractivity contribution < 1.29 is 9.90 Å². The lowest BCUT2D eigenvalue weighted by molar-refractivity contribution is 0.0691. The van der Waals surface area contributed by atoms with Gasteiger partial charge < -0.3 is 5.11 Å². The third-order valence-electron chi connectivity index (χ3n) is 3.53. The van der Waals surface area contributed by atoms with E-state index >= 15 is 0 Å². The van der Waals surface area contributed by atoms with E-state index in [1.165, 1.54) is 11.8 Å². The smallest absolute Gasteiger partial charge is 0.337 e. The molecule has 0 saturated heterocycles. The largest absolute Gasteiger partial charge is 0.478 e. The molecular weight excluding hydrogens is 324 g/mol. The molecule has 2 aromatic rings. The van der Waals surface area contributed by atoms with Gasteiger partial charge in [-0.05, 0) is 47.6 Å². The molecule has 2 nitrogen and oxygen atoms in total. The van der Waals surface area contributed by atoms with Gasteiger partial charge in [-0.25, -0.2) is 4.79 Å². The molecule has 0 fully saturated rings. The first-order valence-electron chi connectivity index (χ1n) is 6.47. The maximum absolute atomic E-state index is 11.6. The van der Waals surface area contributed by atoms with Crippen molar-refractivity contribution >= 4 is 41.1 Å². The van der Waals surface area contributed by atoms with Crippen LogP contribution in [-0.4, -0.2) is 23.1 Å². The summed E-state index contributed by atoms with van der Waals surface area (Å²) in [5, 5.41) is 10.2. The zero-order chi connectivity index (χ0) is 15.0. The summed E-state index contributed by atoms with van der Waals surface area (Å²) in [5.74, 6) is 0.106. The van der Waals surface area contributed by atoms with E-state index in [1.807, 2.05) is 36.6 Å². The van der Waals surface area contributed by atoms with E-state index < -0.39 is 5.97 Å². The number of carboxylic acid groups (broad SMARTS) is 1. The first-order valence-corrected chi connectivity index (χ1v) is 9.06. The zero-order valence-corrected chi connectivity index (χ0v) is 13.7. The number of aromatic carboxylic acids is 1. The SMILES string of the molecule is CSc1cc(-c2ccc(Cl)cc2)c2c(c1C(=O)O)CCS2. The van der Waals surface area contributed by atoms with Crippen molar-refractivity contribution in [2.45, 2.75) is 16.2 Å². The van der Waals surface area contributed by atoms with Crippen LogP contribution in [0.3, 0.4) is 0 Å². The number of thioether (sulfide) groups is 2. The summed E-state index contributed by atoms with van der Waals surface area (Å²) >= 11 is 9.18. The number of benzene rings is 2. The molecule has 0 unspecified atom stereocenters. The van der Waals surface area contributed by atoms with E-state index in [9.17, 15) is 9.90 Å². The van der Waals surface area contributed by atoms with Gasteiger partial charge in [0.25, 0.3) is 0 Å². The highest BCUT2D eigenvalue weighted by atomic mass is 35.5. The average Bonchev–Trinajstić information content (AvgIpc) is 2.95. The van der Waals surface area contributed by atoms with Crippen molar-refractivity contribution in [2.75, 3.05) is 12.0 Å². The van der Waals surface area contributed by atoms with Crippen LogP contribution in [0.15, 0.2) is 40.1 Å². The fourth-order valence-corrected chi connectivity index (χ4v) is 4.59. The third-order valence-corrected chi connectivity index (χ3v) is 5.71. The van der Waals surface area contributed by atoms with Crippen molar-refractivity contribution in [1.82, 2.24) is 0 Å². The molecule has 0 atom stereocenters. The van der Waals surface area contributed by atoms with Gasteiger partial charge in [0.05, 0.1) is 5.56 Å². The number of rotatable bonds is 3. The Kier molecular flexibility index (Phi) is 4.20. The van der Waals surface area contributed by atoms with Crippen LogP contribution in [0.25, 0.3) is 11.1 Å². The quantitative estimate of drug-likeness (QED) is 0.793. The summed E-state index contributed by atoms with van der Waals surface area (Å²) in [6.45, 7) is 0. The zero-order valence-electron chi connectivity index (χ0n) is 11.4. The summed E-state index contributed by atoms with van der Waals surface area (Å²) in [5.41, 5.74) is 3.64. The molecule has 1 N–H and O–H groups in total. The van der Waals surface area contributed by atoms with Crippen LogP contribution >= 0.6 is 35.1 Å². The van der Waals surface area contributed by atoms with Gasteiger partial charge in [-0.2, -0.15) is 0 Å². The Labute approximate surface area is 136 Å². The second-order valence-electron chi connectivity index (χ2n) is 4.72. The summed E-state index contributed by atoms with van der Waals surface area (Å²) in [6.07, 6.45) is 2.73. The average molecular weight is 337 g/mol. The molecule has 0 spiro atoms. The second kappa shape index (κ2) is 5.95. The Morgan fingerprint density at radius 3 is 2.67 bits per heavy atom. The Morgan fingerprint density at radius 1 is 1.33 bits per heavy atom. The minimum Gasteiger partial charge on any atom is -0.478 e. The van der Waals surface area contributed by atoms with Crippen LogP contribution in [0.2, 0.25) is 5.02 Å². The van der Waals surface area contributed by atoms with Gasteiger partial charge in [0, 0.05) is 20.6 Å². The molecule has 0 amide bonds. The van der Waals surface area contributed by atoms with Crippen LogP contribution in [-0.2, 0) is 6.42 Å². The lowest BCUT2D eigenvalue weighted by Crippen LogP contribution is -2.05. The highest BCUT2D eigenvalue weighted by molar-refractivity contribution is 8.00. The van der Waals surface area contributed by atoms with Crippen LogP contribution in [0.4, 0.5) is 0 Å². The van der Waals surface area contributed by atoms with Crippen LogP contribution in [0.5, 0.6) is 0 Å². The van der Waals surface area contributed by atoms with Gasteiger partial charge in [-0.1, -0.05) is 23.7 Å². The summed E-state index contributed by atoms with van der Waals surface area (Å²) < 4.78 is 0. The molecule has 0 aromatic heterocycles. The van der Waals surface area contributed by atoms with Crippen molar-refractivity contribution in [1.29, 1.82) is 0 Å². The van der Waals surface area contributed by atoms with Gasteiger partial charge >= 0.3 is 5.97 Å². The predicted molar refractivity (Wildman–Crippen MR) is 90.1 cm³/mol. The second-order valence-corrected chi connectivity index (χ2v) is 7.11. The third kappa shape index (κ3) is 2.68. The number of fused-ring (bicyclic) bond motifs is 1. The molecule has 2 aromatic carbocycles. The van der Waals surface area contributed by atoms with Crippen LogP contribution < -0.4 is 0 Å².